The molecule has 0 fully saturated rings. The second kappa shape index (κ2) is 11.9. The van der Waals surface area contributed by atoms with Crippen molar-refractivity contribution in [2.45, 2.75) is 59.0 Å². The molecule has 2 amide bonds. The summed E-state index contributed by atoms with van der Waals surface area (Å²) in [5.41, 5.74) is -0.462. The summed E-state index contributed by atoms with van der Waals surface area (Å²) in [4.78, 5) is 37.3. The van der Waals surface area contributed by atoms with Crippen LogP contribution in [-0.2, 0) is 14.3 Å². The molecule has 0 aliphatic carbocycles. The molecule has 1 aromatic carbocycles. The monoisotopic (exact) mass is 408 g/mol. The topological polar surface area (TPSA) is 105 Å². The third-order valence-corrected chi connectivity index (χ3v) is 3.95. The van der Waals surface area contributed by atoms with Gasteiger partial charge >= 0.3 is 12.1 Å². The van der Waals surface area contributed by atoms with Gasteiger partial charge in [-0.1, -0.05) is 18.6 Å². The number of amides is 2. The number of hydrogen-bond donors (Lipinski definition) is 2. The number of phenolic OH excluding ortho intramolecular Hbond substituents is 1. The molecule has 8 heteroatoms. The second-order valence-electron chi connectivity index (χ2n) is 7.57. The first kappa shape index (κ1) is 24.3. The van der Waals surface area contributed by atoms with Crippen molar-refractivity contribution in [3.8, 4) is 5.75 Å². The van der Waals surface area contributed by atoms with Gasteiger partial charge in [0.25, 0.3) is 0 Å². The Bertz CT molecular complexity index is 684. The van der Waals surface area contributed by atoms with E-state index in [1.807, 2.05) is 0 Å². The molecular formula is C21H32N2O6. The third-order valence-electron chi connectivity index (χ3n) is 3.95. The maximum absolute atomic E-state index is 12.3. The fraction of sp³-hybridized carbons (Fsp3) is 0.571. The fourth-order valence-corrected chi connectivity index (χ4v) is 2.44. The zero-order valence-electron chi connectivity index (χ0n) is 17.7. The number of benzene rings is 1. The highest BCUT2D eigenvalue weighted by molar-refractivity contribution is 5.92. The molecule has 29 heavy (non-hydrogen) atoms. The van der Waals surface area contributed by atoms with Crippen LogP contribution in [0.15, 0.2) is 24.3 Å². The van der Waals surface area contributed by atoms with E-state index in [9.17, 15) is 19.5 Å². The molecule has 0 aromatic heterocycles. The van der Waals surface area contributed by atoms with Crippen molar-refractivity contribution in [1.29, 1.82) is 0 Å². The van der Waals surface area contributed by atoms with Gasteiger partial charge in [-0.2, -0.15) is 0 Å². The number of ether oxygens (including phenoxy) is 2. The summed E-state index contributed by atoms with van der Waals surface area (Å²) in [5.74, 6) is -0.952. The van der Waals surface area contributed by atoms with Crippen molar-refractivity contribution in [3.05, 3.63) is 29.8 Å². The lowest BCUT2D eigenvalue weighted by molar-refractivity contribution is -0.134. The average molecular weight is 408 g/mol. The number of carbonyl (C=O) groups excluding carboxylic acids is 3. The highest BCUT2D eigenvalue weighted by atomic mass is 16.6. The van der Waals surface area contributed by atoms with E-state index in [4.69, 9.17) is 9.47 Å². The molecule has 0 bridgehead atoms. The predicted octanol–water partition coefficient (Wildman–Crippen LogP) is 3.44. The van der Waals surface area contributed by atoms with Crippen LogP contribution in [0.1, 0.15) is 63.7 Å². The summed E-state index contributed by atoms with van der Waals surface area (Å²) in [5, 5.41) is 12.4. The maximum atomic E-state index is 12.3. The first-order valence-electron chi connectivity index (χ1n) is 9.83. The smallest absolute Gasteiger partial charge is 0.407 e. The van der Waals surface area contributed by atoms with Gasteiger partial charge in [0.15, 0.2) is 6.73 Å². The fourth-order valence-electron chi connectivity index (χ4n) is 2.44. The van der Waals surface area contributed by atoms with E-state index in [0.29, 0.717) is 25.9 Å². The van der Waals surface area contributed by atoms with E-state index in [1.165, 1.54) is 17.0 Å². The van der Waals surface area contributed by atoms with Crippen molar-refractivity contribution >= 4 is 18.0 Å². The molecule has 162 valence electrons. The number of hydrogen-bond acceptors (Lipinski definition) is 6. The van der Waals surface area contributed by atoms with E-state index in [-0.39, 0.29) is 24.0 Å². The van der Waals surface area contributed by atoms with E-state index in [0.717, 1.165) is 12.8 Å². The average Bonchev–Trinajstić information content (AvgIpc) is 2.63. The van der Waals surface area contributed by atoms with Crippen molar-refractivity contribution in [3.63, 3.8) is 0 Å². The first-order chi connectivity index (χ1) is 13.6. The summed E-state index contributed by atoms with van der Waals surface area (Å²) in [6, 6.07) is 6.09. The third kappa shape index (κ3) is 9.82. The number of esters is 1. The van der Waals surface area contributed by atoms with Gasteiger partial charge in [-0.05, 0) is 52.7 Å². The van der Waals surface area contributed by atoms with Crippen LogP contribution < -0.4 is 5.32 Å². The highest BCUT2D eigenvalue weighted by Gasteiger charge is 2.17. The predicted molar refractivity (Wildman–Crippen MR) is 108 cm³/mol. The van der Waals surface area contributed by atoms with Gasteiger partial charge < -0.3 is 24.8 Å². The van der Waals surface area contributed by atoms with Gasteiger partial charge in [-0.3, -0.25) is 4.79 Å². The summed E-state index contributed by atoms with van der Waals surface area (Å²) in [7, 11) is 0. The van der Waals surface area contributed by atoms with Crippen LogP contribution in [-0.4, -0.2) is 53.4 Å². The van der Waals surface area contributed by atoms with Crippen LogP contribution in [0.3, 0.4) is 0 Å². The van der Waals surface area contributed by atoms with Gasteiger partial charge in [-0.25, -0.2) is 9.59 Å². The van der Waals surface area contributed by atoms with E-state index >= 15 is 0 Å². The summed E-state index contributed by atoms with van der Waals surface area (Å²) < 4.78 is 10.3. The number of para-hydroxylation sites is 1. The summed E-state index contributed by atoms with van der Waals surface area (Å²) >= 11 is 0. The van der Waals surface area contributed by atoms with Gasteiger partial charge in [0.1, 0.15) is 16.9 Å². The normalized spacial score (nSPS) is 10.9. The number of alkyl carbamates (subject to hydrolysis) is 1. The van der Waals surface area contributed by atoms with Gasteiger partial charge in [0, 0.05) is 19.5 Å². The second-order valence-corrected chi connectivity index (χ2v) is 7.57. The zero-order chi connectivity index (χ0) is 21.9. The van der Waals surface area contributed by atoms with E-state index in [2.05, 4.69) is 5.32 Å². The molecule has 2 N–H and O–H groups in total. The molecule has 0 spiro atoms. The van der Waals surface area contributed by atoms with Crippen LogP contribution in [0.5, 0.6) is 5.75 Å². The Morgan fingerprint density at radius 2 is 1.79 bits per heavy atom. The molecule has 0 saturated carbocycles. The van der Waals surface area contributed by atoms with Crippen LogP contribution in [0, 0.1) is 0 Å². The molecular weight excluding hydrogens is 376 g/mol. The minimum absolute atomic E-state index is 0.0634. The Hall–Kier alpha value is -2.77. The summed E-state index contributed by atoms with van der Waals surface area (Å²) in [6.45, 7) is 7.94. The van der Waals surface area contributed by atoms with Crippen molar-refractivity contribution in [1.82, 2.24) is 10.2 Å². The zero-order valence-corrected chi connectivity index (χ0v) is 17.7. The Balaban J connectivity index is 2.25. The molecule has 8 nitrogen and oxygen atoms in total. The maximum Gasteiger partial charge on any atom is 0.407 e. The van der Waals surface area contributed by atoms with Crippen molar-refractivity contribution < 1.29 is 29.0 Å². The van der Waals surface area contributed by atoms with Crippen LogP contribution in [0.2, 0.25) is 0 Å². The lowest BCUT2D eigenvalue weighted by Gasteiger charge is -2.21. The molecule has 1 rings (SSSR count). The lowest BCUT2D eigenvalue weighted by atomic mass is 10.2. The number of carbonyl (C=O) groups is 3. The minimum Gasteiger partial charge on any atom is -0.507 e. The van der Waals surface area contributed by atoms with Gasteiger partial charge in [0.05, 0.1) is 0 Å². The SMILES string of the molecule is CCN(COC(=O)c1ccccc1O)C(=O)CCCCCNC(=O)OC(C)(C)C. The Labute approximate surface area is 172 Å². The van der Waals surface area contributed by atoms with E-state index < -0.39 is 17.7 Å². The molecule has 0 aliphatic rings. The molecule has 0 unspecified atom stereocenters. The standard InChI is InChI=1S/C21H32N2O6/c1-5-23(15-28-19(26)16-11-8-9-12-17(16)24)18(25)13-7-6-10-14-22-20(27)29-21(2,3)4/h8-9,11-12,24H,5-7,10,13-15H2,1-4H3,(H,22,27). The number of nitrogens with one attached hydrogen (secondary N) is 1. The minimum atomic E-state index is -0.678. The number of rotatable bonds is 10. The molecule has 0 atom stereocenters. The number of aromatic hydroxyl groups is 1. The quantitative estimate of drug-likeness (QED) is 0.349. The molecule has 0 aliphatic heterocycles. The Kier molecular flexibility index (Phi) is 9.99. The largest absolute Gasteiger partial charge is 0.507 e. The van der Waals surface area contributed by atoms with Crippen molar-refractivity contribution in [2.24, 2.45) is 0 Å². The molecule has 1 aromatic rings. The summed E-state index contributed by atoms with van der Waals surface area (Å²) in [6.07, 6.45) is 2.06. The lowest BCUT2D eigenvalue weighted by Crippen LogP contribution is -2.34. The number of unbranched alkanes of at least 4 members (excludes halogenated alkanes) is 2. The Morgan fingerprint density at radius 1 is 1.10 bits per heavy atom. The number of nitrogens with zero attached hydrogens (tertiary/aromatic N) is 1. The molecule has 0 saturated heterocycles. The Morgan fingerprint density at radius 3 is 2.41 bits per heavy atom. The van der Waals surface area contributed by atoms with Crippen LogP contribution in [0.25, 0.3) is 0 Å². The number of phenols is 1. The first-order valence-corrected chi connectivity index (χ1v) is 9.83. The molecule has 0 heterocycles. The highest BCUT2D eigenvalue weighted by Crippen LogP contribution is 2.16. The van der Waals surface area contributed by atoms with E-state index in [1.54, 1.807) is 39.8 Å². The van der Waals surface area contributed by atoms with Crippen LogP contribution >= 0.6 is 0 Å². The van der Waals surface area contributed by atoms with Crippen LogP contribution in [0.4, 0.5) is 4.79 Å². The van der Waals surface area contributed by atoms with Gasteiger partial charge in [0.2, 0.25) is 5.91 Å². The molecule has 0 radical (unpaired) electrons. The van der Waals surface area contributed by atoms with Gasteiger partial charge in [-0.15, -0.1) is 0 Å². The van der Waals surface area contributed by atoms with Crippen molar-refractivity contribution in [2.75, 3.05) is 19.8 Å².